The van der Waals surface area contributed by atoms with Gasteiger partial charge in [0.15, 0.2) is 0 Å². The number of H-pyrrole nitrogens is 1. The number of amides is 1. The molecule has 1 aromatic heterocycles. The Hall–Kier alpha value is -2.21. The van der Waals surface area contributed by atoms with Gasteiger partial charge in [-0.3, -0.25) is 14.8 Å². The first-order valence-corrected chi connectivity index (χ1v) is 7.81. The normalized spacial score (nSPS) is 11.1. The Balaban J connectivity index is 1.71. The average Bonchev–Trinajstić information content (AvgIpc) is 2.95. The quantitative estimate of drug-likeness (QED) is 0.697. The van der Waals surface area contributed by atoms with Crippen LogP contribution in [0.5, 0.6) is 0 Å². The van der Waals surface area contributed by atoms with E-state index in [1.54, 1.807) is 12.1 Å². The topological polar surface area (TPSA) is 75.0 Å². The Labute approximate surface area is 135 Å². The standard InChI is InChI=1S/C17H23FN4O/c1-22(12-17(19)23)10-4-2-3-5-15-11-16(21-20-15)13-6-8-14(18)9-7-13/h6-9,11H,2-5,10,12H2,1H3,(H2,19,23)(H,20,21). The zero-order valence-electron chi connectivity index (χ0n) is 13.4. The minimum atomic E-state index is -0.293. The molecule has 0 fully saturated rings. The van der Waals surface area contributed by atoms with Crippen molar-refractivity contribution in [3.63, 3.8) is 0 Å². The van der Waals surface area contributed by atoms with E-state index < -0.39 is 0 Å². The number of unbranched alkanes of at least 4 members (excludes halogenated alkanes) is 2. The first-order chi connectivity index (χ1) is 11.0. The van der Waals surface area contributed by atoms with Crippen molar-refractivity contribution in [2.75, 3.05) is 20.1 Å². The highest BCUT2D eigenvalue weighted by atomic mass is 19.1. The van der Waals surface area contributed by atoms with Crippen LogP contribution in [-0.2, 0) is 11.2 Å². The van der Waals surface area contributed by atoms with Gasteiger partial charge in [0, 0.05) is 11.3 Å². The number of nitrogens with zero attached hydrogens (tertiary/aromatic N) is 2. The summed E-state index contributed by atoms with van der Waals surface area (Å²) in [5.41, 5.74) is 7.96. The van der Waals surface area contributed by atoms with Gasteiger partial charge >= 0.3 is 0 Å². The number of nitrogens with one attached hydrogen (secondary N) is 1. The number of aromatic nitrogens is 2. The fourth-order valence-electron chi connectivity index (χ4n) is 2.48. The van der Waals surface area contributed by atoms with Crippen LogP contribution >= 0.6 is 0 Å². The number of halogens is 1. The third-order valence-corrected chi connectivity index (χ3v) is 3.68. The lowest BCUT2D eigenvalue weighted by molar-refractivity contribution is -0.118. The number of likely N-dealkylation sites (N-methyl/N-ethyl adjacent to an activating group) is 1. The number of carbonyl (C=O) groups is 1. The molecule has 0 spiro atoms. The van der Waals surface area contributed by atoms with Crippen molar-refractivity contribution in [3.8, 4) is 11.3 Å². The number of nitrogens with two attached hydrogens (primary N) is 1. The number of primary amides is 1. The van der Waals surface area contributed by atoms with Crippen molar-refractivity contribution in [3.05, 3.63) is 41.8 Å². The molecule has 5 nitrogen and oxygen atoms in total. The highest BCUT2D eigenvalue weighted by Gasteiger charge is 2.05. The van der Waals surface area contributed by atoms with Gasteiger partial charge in [-0.25, -0.2) is 4.39 Å². The molecule has 0 unspecified atom stereocenters. The van der Waals surface area contributed by atoms with Gasteiger partial charge in [0.1, 0.15) is 5.82 Å². The molecule has 0 radical (unpaired) electrons. The Morgan fingerprint density at radius 1 is 1.26 bits per heavy atom. The van der Waals surface area contributed by atoms with Crippen LogP contribution in [0.2, 0.25) is 0 Å². The summed E-state index contributed by atoms with van der Waals surface area (Å²) in [5.74, 6) is -0.538. The fraction of sp³-hybridized carbons (Fsp3) is 0.412. The average molecular weight is 318 g/mol. The van der Waals surface area contributed by atoms with E-state index in [4.69, 9.17) is 5.73 Å². The number of carbonyl (C=O) groups excluding carboxylic acids is 1. The first-order valence-electron chi connectivity index (χ1n) is 7.81. The molecule has 1 heterocycles. The molecule has 0 saturated heterocycles. The lowest BCUT2D eigenvalue weighted by atomic mass is 10.1. The van der Waals surface area contributed by atoms with Gasteiger partial charge in [-0.2, -0.15) is 5.10 Å². The molecule has 0 bridgehead atoms. The van der Waals surface area contributed by atoms with Crippen LogP contribution in [0.15, 0.2) is 30.3 Å². The summed E-state index contributed by atoms with van der Waals surface area (Å²) >= 11 is 0. The predicted molar refractivity (Wildman–Crippen MR) is 88.2 cm³/mol. The van der Waals surface area contributed by atoms with E-state index >= 15 is 0 Å². The van der Waals surface area contributed by atoms with Crippen LogP contribution < -0.4 is 5.73 Å². The minimum absolute atomic E-state index is 0.245. The molecule has 6 heteroatoms. The third kappa shape index (κ3) is 5.83. The van der Waals surface area contributed by atoms with Crippen molar-refractivity contribution in [1.82, 2.24) is 15.1 Å². The lowest BCUT2D eigenvalue weighted by Gasteiger charge is -2.13. The summed E-state index contributed by atoms with van der Waals surface area (Å²) in [7, 11) is 1.90. The van der Waals surface area contributed by atoms with E-state index in [1.165, 1.54) is 12.1 Å². The Kier molecular flexibility index (Phi) is 6.29. The Morgan fingerprint density at radius 2 is 2.00 bits per heavy atom. The van der Waals surface area contributed by atoms with Crippen molar-refractivity contribution in [2.45, 2.75) is 25.7 Å². The van der Waals surface area contributed by atoms with E-state index in [0.717, 1.165) is 49.2 Å². The number of aryl methyl sites for hydroxylation is 1. The van der Waals surface area contributed by atoms with Crippen molar-refractivity contribution < 1.29 is 9.18 Å². The highest BCUT2D eigenvalue weighted by molar-refractivity contribution is 5.75. The van der Waals surface area contributed by atoms with Gasteiger partial charge in [-0.05, 0) is 63.2 Å². The summed E-state index contributed by atoms with van der Waals surface area (Å²) in [6.45, 7) is 1.17. The third-order valence-electron chi connectivity index (χ3n) is 3.68. The minimum Gasteiger partial charge on any atom is -0.369 e. The maximum absolute atomic E-state index is 12.9. The summed E-state index contributed by atoms with van der Waals surface area (Å²) in [5, 5.41) is 7.30. The SMILES string of the molecule is CN(CCCCCc1cc(-c2ccc(F)cc2)n[nH]1)CC(N)=O. The number of hydrogen-bond acceptors (Lipinski definition) is 3. The van der Waals surface area contributed by atoms with Crippen LogP contribution in [0.25, 0.3) is 11.3 Å². The van der Waals surface area contributed by atoms with E-state index in [0.29, 0.717) is 6.54 Å². The zero-order chi connectivity index (χ0) is 16.7. The van der Waals surface area contributed by atoms with Gasteiger partial charge in [-0.1, -0.05) is 6.42 Å². The van der Waals surface area contributed by atoms with Gasteiger partial charge in [-0.15, -0.1) is 0 Å². The molecule has 1 amide bonds. The lowest BCUT2D eigenvalue weighted by Crippen LogP contribution is -2.31. The Morgan fingerprint density at radius 3 is 2.70 bits per heavy atom. The number of aromatic amines is 1. The molecular weight excluding hydrogens is 295 g/mol. The summed E-state index contributed by atoms with van der Waals surface area (Å²) < 4.78 is 12.9. The van der Waals surface area contributed by atoms with Crippen molar-refractivity contribution >= 4 is 5.91 Å². The molecule has 1 aromatic carbocycles. The Bertz CT molecular complexity index is 624. The molecule has 23 heavy (non-hydrogen) atoms. The van der Waals surface area contributed by atoms with Crippen LogP contribution in [0.4, 0.5) is 4.39 Å². The molecule has 2 rings (SSSR count). The van der Waals surface area contributed by atoms with Crippen molar-refractivity contribution in [1.29, 1.82) is 0 Å². The monoisotopic (exact) mass is 318 g/mol. The van der Waals surface area contributed by atoms with Crippen LogP contribution in [0.3, 0.4) is 0 Å². The number of benzene rings is 1. The molecule has 3 N–H and O–H groups in total. The molecule has 2 aromatic rings. The zero-order valence-corrected chi connectivity index (χ0v) is 13.4. The summed E-state index contributed by atoms with van der Waals surface area (Å²) in [4.78, 5) is 12.7. The number of rotatable bonds is 9. The van der Waals surface area contributed by atoms with Gasteiger partial charge in [0.25, 0.3) is 0 Å². The maximum atomic E-state index is 12.9. The second kappa shape index (κ2) is 8.43. The molecule has 0 aliphatic carbocycles. The predicted octanol–water partition coefficient (Wildman–Crippen LogP) is 2.35. The van der Waals surface area contributed by atoms with Crippen molar-refractivity contribution in [2.24, 2.45) is 5.73 Å². The van der Waals surface area contributed by atoms with Crippen LogP contribution in [-0.4, -0.2) is 41.1 Å². The fourth-order valence-corrected chi connectivity index (χ4v) is 2.48. The summed E-state index contributed by atoms with van der Waals surface area (Å²) in [6, 6.07) is 8.33. The second-order valence-corrected chi connectivity index (χ2v) is 5.80. The molecular formula is C17H23FN4O. The van der Waals surface area contributed by atoms with Gasteiger partial charge < -0.3 is 5.73 Å². The van der Waals surface area contributed by atoms with Crippen LogP contribution in [0, 0.1) is 5.82 Å². The molecule has 0 saturated carbocycles. The van der Waals surface area contributed by atoms with E-state index in [1.807, 2.05) is 18.0 Å². The van der Waals surface area contributed by atoms with E-state index in [2.05, 4.69) is 10.2 Å². The summed E-state index contributed by atoms with van der Waals surface area (Å²) in [6.07, 6.45) is 4.08. The molecule has 0 aliphatic rings. The van der Waals surface area contributed by atoms with E-state index in [9.17, 15) is 9.18 Å². The van der Waals surface area contributed by atoms with Gasteiger partial charge in [0.2, 0.25) is 5.91 Å². The smallest absolute Gasteiger partial charge is 0.231 e. The number of hydrogen-bond donors (Lipinski definition) is 2. The maximum Gasteiger partial charge on any atom is 0.231 e. The molecule has 0 atom stereocenters. The van der Waals surface area contributed by atoms with E-state index in [-0.39, 0.29) is 11.7 Å². The second-order valence-electron chi connectivity index (χ2n) is 5.80. The first kappa shape index (κ1) is 17.1. The highest BCUT2D eigenvalue weighted by Crippen LogP contribution is 2.18. The van der Waals surface area contributed by atoms with Gasteiger partial charge in [0.05, 0.1) is 12.2 Å². The van der Waals surface area contributed by atoms with Crippen LogP contribution in [0.1, 0.15) is 25.0 Å². The largest absolute Gasteiger partial charge is 0.369 e. The molecule has 0 aliphatic heterocycles. The molecule has 124 valence electrons.